The predicted molar refractivity (Wildman–Crippen MR) is 69.7 cm³/mol. The van der Waals surface area contributed by atoms with Gasteiger partial charge in [-0.05, 0) is 12.5 Å². The molecule has 2 amide bonds. The number of urea groups is 1. The number of hydrogen-bond acceptors (Lipinski definition) is 3. The maximum Gasteiger partial charge on any atom is 0.323 e. The van der Waals surface area contributed by atoms with E-state index < -0.39 is 11.0 Å². The van der Waals surface area contributed by atoms with Gasteiger partial charge in [-0.1, -0.05) is 24.6 Å². The first-order valence-corrected chi connectivity index (χ1v) is 5.59. The zero-order valence-corrected chi connectivity index (χ0v) is 10.4. The van der Waals surface area contributed by atoms with E-state index in [0.29, 0.717) is 0 Å². The molecule has 1 aromatic rings. The fourth-order valence-corrected chi connectivity index (χ4v) is 1.30. The van der Waals surface area contributed by atoms with Crippen molar-refractivity contribution in [2.24, 2.45) is 0 Å². The molecule has 0 unspecified atom stereocenters. The molecule has 0 saturated heterocycles. The monoisotopic (exact) mass is 269 g/mol. The maximum atomic E-state index is 11.4. The Morgan fingerprint density at radius 1 is 1.56 bits per heavy atom. The fourth-order valence-electron chi connectivity index (χ4n) is 1.13. The fraction of sp³-hybridized carbons (Fsp3) is 0.182. The van der Waals surface area contributed by atoms with Crippen LogP contribution in [0, 0.1) is 10.1 Å². The molecule has 0 bridgehead atoms. The lowest BCUT2D eigenvalue weighted by Crippen LogP contribution is -2.23. The van der Waals surface area contributed by atoms with Crippen molar-refractivity contribution in [2.45, 2.75) is 13.3 Å². The van der Waals surface area contributed by atoms with Crippen LogP contribution in [-0.2, 0) is 0 Å². The number of anilines is 1. The summed E-state index contributed by atoms with van der Waals surface area (Å²) in [6, 6.07) is 3.31. The summed E-state index contributed by atoms with van der Waals surface area (Å²) in [6.45, 7) is 1.92. The molecule has 0 saturated carbocycles. The van der Waals surface area contributed by atoms with Gasteiger partial charge in [-0.2, -0.15) is 0 Å². The summed E-state index contributed by atoms with van der Waals surface area (Å²) in [7, 11) is 0. The van der Waals surface area contributed by atoms with Crippen molar-refractivity contribution in [3.05, 3.63) is 45.6 Å². The lowest BCUT2D eigenvalue weighted by atomic mass is 10.3. The van der Waals surface area contributed by atoms with Gasteiger partial charge in [0.2, 0.25) is 0 Å². The van der Waals surface area contributed by atoms with Crippen molar-refractivity contribution in [1.29, 1.82) is 0 Å². The van der Waals surface area contributed by atoms with Crippen molar-refractivity contribution in [2.75, 3.05) is 5.32 Å². The Bertz CT molecular complexity index is 488. The van der Waals surface area contributed by atoms with Crippen LogP contribution in [0.4, 0.5) is 16.2 Å². The molecule has 0 aliphatic carbocycles. The number of rotatable bonds is 4. The minimum atomic E-state index is -0.559. The Kier molecular flexibility index (Phi) is 5.13. The zero-order chi connectivity index (χ0) is 13.5. The van der Waals surface area contributed by atoms with Gasteiger partial charge in [-0.25, -0.2) is 4.79 Å². The van der Waals surface area contributed by atoms with Crippen LogP contribution < -0.4 is 10.6 Å². The summed E-state index contributed by atoms with van der Waals surface area (Å²) < 4.78 is 0. The van der Waals surface area contributed by atoms with Gasteiger partial charge >= 0.3 is 6.03 Å². The number of allylic oxidation sites excluding steroid dienone is 1. The molecule has 0 fully saturated rings. The second-order valence-corrected chi connectivity index (χ2v) is 3.74. The molecule has 0 aliphatic rings. The van der Waals surface area contributed by atoms with Crippen LogP contribution in [0.5, 0.6) is 0 Å². The van der Waals surface area contributed by atoms with Crippen molar-refractivity contribution >= 4 is 29.0 Å². The lowest BCUT2D eigenvalue weighted by Gasteiger charge is -2.06. The second-order valence-electron chi connectivity index (χ2n) is 3.33. The SMILES string of the molecule is CC/C=C/NC(=O)Nc1cc([N+](=O)[O-])ccc1Cl. The summed E-state index contributed by atoms with van der Waals surface area (Å²) in [6.07, 6.45) is 4.03. The molecule has 0 radical (unpaired) electrons. The number of carbonyl (C=O) groups excluding carboxylic acids is 1. The molecule has 1 aromatic carbocycles. The Morgan fingerprint density at radius 3 is 2.89 bits per heavy atom. The molecule has 0 aliphatic heterocycles. The van der Waals surface area contributed by atoms with Crippen molar-refractivity contribution in [3.63, 3.8) is 0 Å². The topological polar surface area (TPSA) is 84.3 Å². The third-order valence-electron chi connectivity index (χ3n) is 1.98. The van der Waals surface area contributed by atoms with Gasteiger partial charge in [0.15, 0.2) is 0 Å². The van der Waals surface area contributed by atoms with Crippen LogP contribution in [-0.4, -0.2) is 11.0 Å². The maximum absolute atomic E-state index is 11.4. The quantitative estimate of drug-likeness (QED) is 0.650. The van der Waals surface area contributed by atoms with Crippen molar-refractivity contribution in [1.82, 2.24) is 5.32 Å². The normalized spacial score (nSPS) is 10.3. The second kappa shape index (κ2) is 6.61. The Morgan fingerprint density at radius 2 is 2.28 bits per heavy atom. The smallest absolute Gasteiger partial charge is 0.315 e. The summed E-state index contributed by atoms with van der Waals surface area (Å²) in [4.78, 5) is 21.4. The van der Waals surface area contributed by atoms with E-state index in [4.69, 9.17) is 11.6 Å². The average molecular weight is 270 g/mol. The van der Waals surface area contributed by atoms with Gasteiger partial charge in [-0.15, -0.1) is 0 Å². The number of carbonyl (C=O) groups is 1. The third kappa shape index (κ3) is 4.06. The number of nitro benzene ring substituents is 1. The van der Waals surface area contributed by atoms with Gasteiger partial charge in [0.25, 0.3) is 5.69 Å². The highest BCUT2D eigenvalue weighted by atomic mass is 35.5. The highest BCUT2D eigenvalue weighted by molar-refractivity contribution is 6.33. The molecule has 0 heterocycles. The van der Waals surface area contributed by atoms with Gasteiger partial charge in [0.1, 0.15) is 0 Å². The van der Waals surface area contributed by atoms with E-state index >= 15 is 0 Å². The van der Waals surface area contributed by atoms with E-state index in [9.17, 15) is 14.9 Å². The number of nitrogens with zero attached hydrogens (tertiary/aromatic N) is 1. The van der Waals surface area contributed by atoms with E-state index in [-0.39, 0.29) is 16.4 Å². The van der Waals surface area contributed by atoms with Gasteiger partial charge < -0.3 is 10.6 Å². The van der Waals surface area contributed by atoms with E-state index in [1.54, 1.807) is 6.08 Å². The largest absolute Gasteiger partial charge is 0.323 e. The van der Waals surface area contributed by atoms with E-state index in [1.165, 1.54) is 24.4 Å². The minimum Gasteiger partial charge on any atom is -0.315 e. The number of amides is 2. The Balaban J connectivity index is 2.77. The van der Waals surface area contributed by atoms with E-state index in [0.717, 1.165) is 6.42 Å². The standard InChI is InChI=1S/C11H12ClN3O3/c1-2-3-6-13-11(16)14-10-7-8(15(17)18)4-5-9(10)12/h3-7H,2H2,1H3,(H2,13,14,16)/b6-3+. The molecular weight excluding hydrogens is 258 g/mol. The molecule has 0 atom stereocenters. The van der Waals surface area contributed by atoms with Gasteiger partial charge in [0, 0.05) is 18.3 Å². The Labute approximate surface area is 109 Å². The van der Waals surface area contributed by atoms with Crippen LogP contribution in [0.15, 0.2) is 30.5 Å². The molecule has 1 rings (SSSR count). The number of nitro groups is 1. The number of nitrogens with one attached hydrogen (secondary N) is 2. The Hall–Kier alpha value is -2.08. The molecular formula is C11H12ClN3O3. The third-order valence-corrected chi connectivity index (χ3v) is 2.31. The molecule has 18 heavy (non-hydrogen) atoms. The minimum absolute atomic E-state index is 0.140. The first-order chi connectivity index (χ1) is 8.54. The molecule has 96 valence electrons. The highest BCUT2D eigenvalue weighted by Gasteiger charge is 2.11. The van der Waals surface area contributed by atoms with Crippen LogP contribution in [0.2, 0.25) is 5.02 Å². The van der Waals surface area contributed by atoms with Crippen molar-refractivity contribution in [3.8, 4) is 0 Å². The first kappa shape index (κ1) is 14.0. The number of non-ortho nitro benzene ring substituents is 1. The molecule has 6 nitrogen and oxygen atoms in total. The molecule has 0 aromatic heterocycles. The lowest BCUT2D eigenvalue weighted by molar-refractivity contribution is -0.384. The number of benzene rings is 1. The summed E-state index contributed by atoms with van der Waals surface area (Å²) in [5.74, 6) is 0. The van der Waals surface area contributed by atoms with Crippen LogP contribution in [0.3, 0.4) is 0 Å². The number of hydrogen-bond donors (Lipinski definition) is 2. The molecule has 2 N–H and O–H groups in total. The van der Waals surface area contributed by atoms with Crippen LogP contribution in [0.1, 0.15) is 13.3 Å². The zero-order valence-electron chi connectivity index (χ0n) is 9.64. The molecule has 0 spiro atoms. The molecule has 7 heteroatoms. The van der Waals surface area contributed by atoms with Crippen molar-refractivity contribution < 1.29 is 9.72 Å². The first-order valence-electron chi connectivity index (χ1n) is 5.21. The van der Waals surface area contributed by atoms with Gasteiger partial charge in [0.05, 0.1) is 15.6 Å². The van der Waals surface area contributed by atoms with E-state index in [1.807, 2.05) is 6.92 Å². The highest BCUT2D eigenvalue weighted by Crippen LogP contribution is 2.26. The van der Waals surface area contributed by atoms with E-state index in [2.05, 4.69) is 10.6 Å². The number of halogens is 1. The summed E-state index contributed by atoms with van der Waals surface area (Å²) >= 11 is 5.82. The average Bonchev–Trinajstić information content (AvgIpc) is 2.32. The summed E-state index contributed by atoms with van der Waals surface area (Å²) in [5, 5.41) is 15.7. The van der Waals surface area contributed by atoms with Gasteiger partial charge in [-0.3, -0.25) is 10.1 Å². The van der Waals surface area contributed by atoms with Crippen LogP contribution in [0.25, 0.3) is 0 Å². The van der Waals surface area contributed by atoms with Crippen LogP contribution >= 0.6 is 11.6 Å². The summed E-state index contributed by atoms with van der Waals surface area (Å²) in [5.41, 5.74) is 0.0482. The predicted octanol–water partition coefficient (Wildman–Crippen LogP) is 3.29.